The van der Waals surface area contributed by atoms with E-state index < -0.39 is 0 Å². The summed E-state index contributed by atoms with van der Waals surface area (Å²) in [5.74, 6) is 0.884. The van der Waals surface area contributed by atoms with Crippen molar-refractivity contribution in [2.45, 2.75) is 32.6 Å². The molecule has 8 nitrogen and oxygen atoms in total. The molecule has 0 radical (unpaired) electrons. The third kappa shape index (κ3) is 5.63. The average molecular weight is 377 g/mol. The van der Waals surface area contributed by atoms with Gasteiger partial charge in [0, 0.05) is 59.4 Å². The van der Waals surface area contributed by atoms with Crippen molar-refractivity contribution in [3.8, 4) is 0 Å². The van der Waals surface area contributed by atoms with Crippen LogP contribution in [-0.2, 0) is 9.53 Å². The van der Waals surface area contributed by atoms with Gasteiger partial charge in [-0.3, -0.25) is 9.59 Å². The largest absolute Gasteiger partial charge is 0.383 e. The van der Waals surface area contributed by atoms with Crippen LogP contribution in [-0.4, -0.2) is 74.1 Å². The number of methoxy groups -OCH3 is 1. The third-order valence-corrected chi connectivity index (χ3v) is 4.55. The Hall–Kier alpha value is -2.22. The number of anilines is 1. The second-order valence-electron chi connectivity index (χ2n) is 7.54. The molecule has 1 aliphatic rings. The molecule has 1 aromatic heterocycles. The highest BCUT2D eigenvalue weighted by Gasteiger charge is 2.31. The molecule has 150 valence electrons. The zero-order valence-electron chi connectivity index (χ0n) is 17.0. The van der Waals surface area contributed by atoms with Crippen molar-refractivity contribution in [1.29, 1.82) is 0 Å². The second-order valence-corrected chi connectivity index (χ2v) is 7.54. The number of carbonyl (C=O) groups is 2. The maximum Gasteiger partial charge on any atom is 0.254 e. The van der Waals surface area contributed by atoms with Crippen LogP contribution in [0.15, 0.2) is 6.20 Å². The van der Waals surface area contributed by atoms with Crippen LogP contribution in [0, 0.1) is 5.92 Å². The number of hydrogen-bond acceptors (Lipinski definition) is 6. The van der Waals surface area contributed by atoms with Crippen LogP contribution < -0.4 is 10.2 Å². The summed E-state index contributed by atoms with van der Waals surface area (Å²) in [5, 5.41) is 2.83. The lowest BCUT2D eigenvalue weighted by molar-refractivity contribution is -0.130. The predicted octanol–water partition coefficient (Wildman–Crippen LogP) is 1.28. The third-order valence-electron chi connectivity index (χ3n) is 4.55. The lowest BCUT2D eigenvalue weighted by atomic mass is 9.99. The van der Waals surface area contributed by atoms with Crippen molar-refractivity contribution in [3.63, 3.8) is 0 Å². The van der Waals surface area contributed by atoms with Gasteiger partial charge in [0.2, 0.25) is 11.9 Å². The topological polar surface area (TPSA) is 87.7 Å². The predicted molar refractivity (Wildman–Crippen MR) is 104 cm³/mol. The number of nitrogens with one attached hydrogen (secondary N) is 1. The fourth-order valence-corrected chi connectivity index (χ4v) is 3.14. The van der Waals surface area contributed by atoms with E-state index in [0.29, 0.717) is 55.8 Å². The number of nitrogens with zero attached hydrogens (tertiary/aromatic N) is 4. The molecule has 1 saturated heterocycles. The first-order chi connectivity index (χ1) is 12.8. The summed E-state index contributed by atoms with van der Waals surface area (Å²) in [7, 11) is 5.32. The van der Waals surface area contributed by atoms with Crippen molar-refractivity contribution in [2.24, 2.45) is 5.92 Å². The minimum absolute atomic E-state index is 0.0333. The van der Waals surface area contributed by atoms with Crippen molar-refractivity contribution in [3.05, 3.63) is 17.5 Å². The number of rotatable bonds is 8. The van der Waals surface area contributed by atoms with Crippen molar-refractivity contribution < 1.29 is 14.3 Å². The summed E-state index contributed by atoms with van der Waals surface area (Å²) in [6.07, 6.45) is 2.92. The van der Waals surface area contributed by atoms with Crippen LogP contribution >= 0.6 is 0 Å². The van der Waals surface area contributed by atoms with Gasteiger partial charge in [-0.2, -0.15) is 0 Å². The highest BCUT2D eigenvalue weighted by molar-refractivity contribution is 5.95. The Bertz CT molecular complexity index is 663. The van der Waals surface area contributed by atoms with E-state index in [4.69, 9.17) is 4.74 Å². The van der Waals surface area contributed by atoms with E-state index in [1.807, 2.05) is 37.7 Å². The molecule has 0 bridgehead atoms. The molecule has 2 rings (SSSR count). The van der Waals surface area contributed by atoms with Crippen LogP contribution in [0.25, 0.3) is 0 Å². The Morgan fingerprint density at radius 3 is 2.78 bits per heavy atom. The van der Waals surface area contributed by atoms with E-state index in [1.165, 1.54) is 0 Å². The van der Waals surface area contributed by atoms with E-state index in [0.717, 1.165) is 6.42 Å². The second kappa shape index (κ2) is 9.64. The maximum atomic E-state index is 12.6. The van der Waals surface area contributed by atoms with Crippen LogP contribution in [0.3, 0.4) is 0 Å². The zero-order chi connectivity index (χ0) is 20.0. The summed E-state index contributed by atoms with van der Waals surface area (Å²) in [6, 6.07) is 0. The fraction of sp³-hybridized carbons (Fsp3) is 0.684. The van der Waals surface area contributed by atoms with Gasteiger partial charge in [-0.05, 0) is 12.3 Å². The van der Waals surface area contributed by atoms with Crippen LogP contribution in [0.2, 0.25) is 0 Å². The summed E-state index contributed by atoms with van der Waals surface area (Å²) in [4.78, 5) is 37.6. The molecule has 0 aliphatic carbocycles. The molecule has 27 heavy (non-hydrogen) atoms. The first-order valence-electron chi connectivity index (χ1n) is 9.42. The Morgan fingerprint density at radius 2 is 2.15 bits per heavy atom. The molecule has 2 amide bonds. The number of likely N-dealkylation sites (tertiary alicyclic amines) is 1. The molecule has 1 atom stereocenters. The molecule has 1 N–H and O–H groups in total. The minimum atomic E-state index is -0.209. The first-order valence-corrected chi connectivity index (χ1v) is 9.42. The van der Waals surface area contributed by atoms with E-state index in [1.54, 1.807) is 13.3 Å². The first kappa shape index (κ1) is 21.1. The Labute approximate surface area is 161 Å². The molecular weight excluding hydrogens is 346 g/mol. The van der Waals surface area contributed by atoms with E-state index in [-0.39, 0.29) is 17.7 Å². The minimum Gasteiger partial charge on any atom is -0.383 e. The van der Waals surface area contributed by atoms with Crippen molar-refractivity contribution >= 4 is 17.8 Å². The number of ether oxygens (including phenoxy) is 1. The molecule has 1 aromatic rings. The summed E-state index contributed by atoms with van der Waals surface area (Å²) in [5.41, 5.74) is 1.18. The average Bonchev–Trinajstić information content (AvgIpc) is 3.11. The molecule has 1 unspecified atom stereocenters. The van der Waals surface area contributed by atoms with E-state index >= 15 is 0 Å². The van der Waals surface area contributed by atoms with Gasteiger partial charge in [0.25, 0.3) is 5.91 Å². The van der Waals surface area contributed by atoms with Crippen LogP contribution in [0.1, 0.15) is 48.7 Å². The highest BCUT2D eigenvalue weighted by atomic mass is 16.5. The number of hydrogen-bond donors (Lipinski definition) is 1. The number of aromatic nitrogens is 2. The van der Waals surface area contributed by atoms with Gasteiger partial charge in [-0.25, -0.2) is 9.97 Å². The molecule has 2 heterocycles. The molecular formula is C19H31N5O3. The van der Waals surface area contributed by atoms with Gasteiger partial charge in [-0.1, -0.05) is 13.8 Å². The van der Waals surface area contributed by atoms with Gasteiger partial charge in [0.15, 0.2) is 0 Å². The molecule has 0 aromatic carbocycles. The normalized spacial score (nSPS) is 16.7. The van der Waals surface area contributed by atoms with Gasteiger partial charge < -0.3 is 19.9 Å². The summed E-state index contributed by atoms with van der Waals surface area (Å²) < 4.78 is 4.98. The lowest BCUT2D eigenvalue weighted by Gasteiger charge is -2.20. The number of amides is 2. The molecule has 1 aliphatic heterocycles. The quantitative estimate of drug-likeness (QED) is 0.687. The standard InChI is InChI=1S/C19H31N5O3/c1-13(2)10-16(25)24-8-6-14(12-24)17-15(18(26)20-7-9-27-5)11-21-19(22-17)23(3)4/h11,13-14H,6-10,12H2,1-5H3,(H,20,26). The Kier molecular flexibility index (Phi) is 7.53. The van der Waals surface area contributed by atoms with Crippen molar-refractivity contribution in [1.82, 2.24) is 20.2 Å². The van der Waals surface area contributed by atoms with Crippen LogP contribution in [0.4, 0.5) is 5.95 Å². The van der Waals surface area contributed by atoms with Crippen molar-refractivity contribution in [2.75, 3.05) is 52.3 Å². The van der Waals surface area contributed by atoms with Gasteiger partial charge in [0.05, 0.1) is 17.9 Å². The Morgan fingerprint density at radius 1 is 1.41 bits per heavy atom. The zero-order valence-corrected chi connectivity index (χ0v) is 17.0. The van der Waals surface area contributed by atoms with E-state index in [9.17, 15) is 9.59 Å². The van der Waals surface area contributed by atoms with E-state index in [2.05, 4.69) is 15.3 Å². The smallest absolute Gasteiger partial charge is 0.254 e. The van der Waals surface area contributed by atoms with Gasteiger partial charge in [0.1, 0.15) is 0 Å². The number of carbonyl (C=O) groups excluding carboxylic acids is 2. The molecule has 0 spiro atoms. The summed E-state index contributed by atoms with van der Waals surface area (Å²) >= 11 is 0. The lowest BCUT2D eigenvalue weighted by Crippen LogP contribution is -2.31. The fourth-order valence-electron chi connectivity index (χ4n) is 3.14. The van der Waals surface area contributed by atoms with Gasteiger partial charge in [-0.15, -0.1) is 0 Å². The highest BCUT2D eigenvalue weighted by Crippen LogP contribution is 2.29. The monoisotopic (exact) mass is 377 g/mol. The SMILES string of the molecule is COCCNC(=O)c1cnc(N(C)C)nc1C1CCN(C(=O)CC(C)C)C1. The van der Waals surface area contributed by atoms with Gasteiger partial charge >= 0.3 is 0 Å². The molecule has 1 fully saturated rings. The summed E-state index contributed by atoms with van der Waals surface area (Å²) in [6.45, 7) is 6.24. The molecule has 8 heteroatoms. The Balaban J connectivity index is 2.21. The molecule has 0 saturated carbocycles. The van der Waals surface area contributed by atoms with Crippen LogP contribution in [0.5, 0.6) is 0 Å². The maximum absolute atomic E-state index is 12.6.